The quantitative estimate of drug-likeness (QED) is 0.578. The number of fused-ring (bicyclic) bond motifs is 2. The zero-order valence-corrected chi connectivity index (χ0v) is 19.9. The number of benzene rings is 3. The maximum atomic E-state index is 14.0. The van der Waals surface area contributed by atoms with E-state index in [2.05, 4.69) is 5.32 Å². The molecule has 0 aromatic heterocycles. The minimum absolute atomic E-state index is 0.00512. The normalized spacial score (nSPS) is 22.1. The van der Waals surface area contributed by atoms with Crippen molar-refractivity contribution in [2.75, 3.05) is 11.4 Å². The minimum Gasteiger partial charge on any atom is -0.342 e. The number of likely N-dealkylation sites (N-methyl/N-ethyl adjacent to an activating group) is 1. The van der Waals surface area contributed by atoms with Crippen LogP contribution in [0.3, 0.4) is 0 Å². The van der Waals surface area contributed by atoms with Gasteiger partial charge in [-0.15, -0.1) is 0 Å². The molecular formula is C25H23N3O3S2. The first-order valence-corrected chi connectivity index (χ1v) is 12.6. The fourth-order valence-electron chi connectivity index (χ4n) is 4.86. The Balaban J connectivity index is 1.78. The summed E-state index contributed by atoms with van der Waals surface area (Å²) in [5, 5.41) is 3.18. The van der Waals surface area contributed by atoms with Gasteiger partial charge in [0.05, 0.1) is 4.90 Å². The number of thiocarbonyl (C=S) groups is 1. The van der Waals surface area contributed by atoms with E-state index in [0.717, 1.165) is 16.8 Å². The highest BCUT2D eigenvalue weighted by Gasteiger charge is 2.64. The largest absolute Gasteiger partial charge is 0.342 e. The molecule has 0 saturated carbocycles. The molecule has 0 aliphatic carbocycles. The molecule has 33 heavy (non-hydrogen) atoms. The molecule has 0 unspecified atom stereocenters. The molecule has 0 radical (unpaired) electrons. The van der Waals surface area contributed by atoms with Crippen LogP contribution in [-0.2, 0) is 20.4 Å². The molecule has 2 atom stereocenters. The van der Waals surface area contributed by atoms with Crippen molar-refractivity contribution in [1.29, 1.82) is 0 Å². The van der Waals surface area contributed by atoms with E-state index in [4.69, 9.17) is 12.2 Å². The second-order valence-electron chi connectivity index (χ2n) is 8.23. The number of nitrogens with zero attached hydrogens (tertiary/aromatic N) is 2. The van der Waals surface area contributed by atoms with Crippen LogP contribution in [0.2, 0.25) is 0 Å². The lowest BCUT2D eigenvalue weighted by Gasteiger charge is -2.33. The maximum Gasteiger partial charge on any atom is 0.266 e. The summed E-state index contributed by atoms with van der Waals surface area (Å²) in [6, 6.07) is 22.5. The molecular weight excluding hydrogens is 454 g/mol. The first-order valence-electron chi connectivity index (χ1n) is 10.7. The van der Waals surface area contributed by atoms with Gasteiger partial charge >= 0.3 is 0 Å². The molecule has 1 amide bonds. The Bertz CT molecular complexity index is 1360. The van der Waals surface area contributed by atoms with E-state index in [-0.39, 0.29) is 15.9 Å². The fraction of sp³-hybridized carbons (Fsp3) is 0.200. The van der Waals surface area contributed by atoms with Crippen LogP contribution in [0.4, 0.5) is 5.69 Å². The molecule has 5 rings (SSSR count). The van der Waals surface area contributed by atoms with Gasteiger partial charge in [-0.05, 0) is 49.8 Å². The fourth-order valence-corrected chi connectivity index (χ4v) is 6.95. The summed E-state index contributed by atoms with van der Waals surface area (Å²) in [7, 11) is -4.06. The van der Waals surface area contributed by atoms with Gasteiger partial charge in [0.1, 0.15) is 6.04 Å². The molecule has 168 valence electrons. The Morgan fingerprint density at radius 2 is 1.61 bits per heavy atom. The number of carbonyl (C=O) groups is 1. The topological polar surface area (TPSA) is 69.7 Å². The Kier molecular flexibility index (Phi) is 5.02. The average molecular weight is 478 g/mol. The van der Waals surface area contributed by atoms with Crippen molar-refractivity contribution >= 4 is 38.9 Å². The summed E-state index contributed by atoms with van der Waals surface area (Å²) >= 11 is 5.62. The molecule has 0 bridgehead atoms. The first kappa shape index (κ1) is 21.6. The molecule has 2 aliphatic rings. The first-order chi connectivity index (χ1) is 15.8. The van der Waals surface area contributed by atoms with Crippen LogP contribution in [0, 0.1) is 6.92 Å². The predicted octanol–water partition coefficient (Wildman–Crippen LogP) is 3.88. The number of rotatable bonds is 4. The van der Waals surface area contributed by atoms with Crippen molar-refractivity contribution < 1.29 is 13.2 Å². The van der Waals surface area contributed by atoms with E-state index < -0.39 is 21.6 Å². The lowest BCUT2D eigenvalue weighted by molar-refractivity contribution is -0.124. The molecule has 3 aromatic rings. The van der Waals surface area contributed by atoms with E-state index >= 15 is 0 Å². The Hall–Kier alpha value is -3.23. The van der Waals surface area contributed by atoms with Gasteiger partial charge < -0.3 is 10.2 Å². The molecule has 1 N–H and O–H groups in total. The SMILES string of the molecule is CCN1C(=O)[C@]2(NC(=S)N(S(=O)(=O)c3ccc(C)cc3)[C@@H]2c2ccccc2)c2ccccc21. The molecule has 1 fully saturated rings. The second kappa shape index (κ2) is 7.67. The van der Waals surface area contributed by atoms with E-state index in [1.165, 1.54) is 4.31 Å². The number of sulfonamides is 1. The van der Waals surface area contributed by atoms with Gasteiger partial charge in [-0.2, -0.15) is 0 Å². The van der Waals surface area contributed by atoms with Crippen molar-refractivity contribution in [3.8, 4) is 0 Å². The highest BCUT2D eigenvalue weighted by molar-refractivity contribution is 7.91. The van der Waals surface area contributed by atoms with Gasteiger partial charge in [0.25, 0.3) is 15.9 Å². The number of anilines is 1. The Labute approximate surface area is 198 Å². The van der Waals surface area contributed by atoms with Crippen molar-refractivity contribution in [3.63, 3.8) is 0 Å². The third kappa shape index (κ3) is 3.01. The third-order valence-electron chi connectivity index (χ3n) is 6.36. The van der Waals surface area contributed by atoms with E-state index in [1.807, 2.05) is 68.4 Å². The van der Waals surface area contributed by atoms with E-state index in [1.54, 1.807) is 29.2 Å². The van der Waals surface area contributed by atoms with Gasteiger partial charge in [-0.25, -0.2) is 12.7 Å². The maximum absolute atomic E-state index is 14.0. The van der Waals surface area contributed by atoms with Crippen LogP contribution in [0.1, 0.15) is 29.7 Å². The van der Waals surface area contributed by atoms with Gasteiger partial charge in [-0.3, -0.25) is 4.79 Å². The summed E-state index contributed by atoms with van der Waals surface area (Å²) in [6.45, 7) is 4.26. The van der Waals surface area contributed by atoms with Crippen LogP contribution in [-0.4, -0.2) is 30.3 Å². The molecule has 1 saturated heterocycles. The molecule has 3 aromatic carbocycles. The van der Waals surface area contributed by atoms with Crippen molar-refractivity contribution in [3.05, 3.63) is 95.6 Å². The molecule has 2 aliphatic heterocycles. The molecule has 2 heterocycles. The van der Waals surface area contributed by atoms with Gasteiger partial charge in [0, 0.05) is 17.8 Å². The van der Waals surface area contributed by atoms with Crippen LogP contribution < -0.4 is 10.2 Å². The Morgan fingerprint density at radius 3 is 2.27 bits per heavy atom. The van der Waals surface area contributed by atoms with Crippen molar-refractivity contribution in [2.45, 2.75) is 30.3 Å². The summed E-state index contributed by atoms with van der Waals surface area (Å²) in [5.74, 6) is -0.219. The van der Waals surface area contributed by atoms with Gasteiger partial charge in [-0.1, -0.05) is 66.2 Å². The summed E-state index contributed by atoms with van der Waals surface area (Å²) in [6.07, 6.45) is 0. The van der Waals surface area contributed by atoms with E-state index in [9.17, 15) is 13.2 Å². The number of carbonyl (C=O) groups excluding carboxylic acids is 1. The zero-order chi connectivity index (χ0) is 23.4. The number of hydrogen-bond donors (Lipinski definition) is 1. The number of amides is 1. The standard InChI is InChI=1S/C25H23N3O3S2/c1-3-27-21-12-8-7-11-20(21)25(23(27)29)22(18-9-5-4-6-10-18)28(24(32)26-25)33(30,31)19-15-13-17(2)14-16-19/h4-16,22H,3H2,1-2H3,(H,26,32)/t22-,25+/m1/s1. The molecule has 8 heteroatoms. The highest BCUT2D eigenvalue weighted by atomic mass is 32.2. The Morgan fingerprint density at radius 1 is 0.970 bits per heavy atom. The van der Waals surface area contributed by atoms with Crippen LogP contribution >= 0.6 is 12.2 Å². The second-order valence-corrected chi connectivity index (χ2v) is 10.4. The predicted molar refractivity (Wildman–Crippen MR) is 131 cm³/mol. The lowest BCUT2D eigenvalue weighted by Crippen LogP contribution is -2.51. The lowest BCUT2D eigenvalue weighted by atomic mass is 9.81. The summed E-state index contributed by atoms with van der Waals surface area (Å²) in [4.78, 5) is 15.8. The van der Waals surface area contributed by atoms with Crippen molar-refractivity contribution in [2.24, 2.45) is 0 Å². The number of para-hydroxylation sites is 1. The van der Waals surface area contributed by atoms with Gasteiger partial charge in [0.15, 0.2) is 10.7 Å². The number of aryl methyl sites for hydroxylation is 1. The van der Waals surface area contributed by atoms with Crippen LogP contribution in [0.5, 0.6) is 0 Å². The van der Waals surface area contributed by atoms with Crippen molar-refractivity contribution in [1.82, 2.24) is 9.62 Å². The van der Waals surface area contributed by atoms with Crippen LogP contribution in [0.25, 0.3) is 0 Å². The molecule has 1 spiro atoms. The highest BCUT2D eigenvalue weighted by Crippen LogP contribution is 2.53. The summed E-state index contributed by atoms with van der Waals surface area (Å²) < 4.78 is 29.1. The number of nitrogens with one attached hydrogen (secondary N) is 1. The molecule has 6 nitrogen and oxygen atoms in total. The van der Waals surface area contributed by atoms with E-state index in [0.29, 0.717) is 12.1 Å². The zero-order valence-electron chi connectivity index (χ0n) is 18.2. The summed E-state index contributed by atoms with van der Waals surface area (Å²) in [5.41, 5.74) is 1.75. The van der Waals surface area contributed by atoms with Gasteiger partial charge in [0.2, 0.25) is 0 Å². The average Bonchev–Trinajstić information content (AvgIpc) is 3.26. The number of hydrogen-bond acceptors (Lipinski definition) is 4. The van der Waals surface area contributed by atoms with Crippen LogP contribution in [0.15, 0.2) is 83.8 Å². The monoisotopic (exact) mass is 477 g/mol. The minimum atomic E-state index is -4.06. The third-order valence-corrected chi connectivity index (χ3v) is 8.55. The smallest absolute Gasteiger partial charge is 0.266 e.